The number of amides is 2. The molecule has 0 atom stereocenters. The molecule has 1 aliphatic heterocycles. The topological polar surface area (TPSA) is 71.1 Å². The average Bonchev–Trinajstić information content (AvgIpc) is 3.21. The predicted octanol–water partition coefficient (Wildman–Crippen LogP) is 6.97. The van der Waals surface area contributed by atoms with Crippen molar-refractivity contribution in [1.29, 1.82) is 0 Å². The first kappa shape index (κ1) is 29.7. The van der Waals surface area contributed by atoms with Crippen LogP contribution >= 0.6 is 47.2 Å². The van der Waals surface area contributed by atoms with Crippen LogP contribution in [0.15, 0.2) is 65.6 Å². The number of anilines is 1. The van der Waals surface area contributed by atoms with Gasteiger partial charge < -0.3 is 14.4 Å². The summed E-state index contributed by atoms with van der Waals surface area (Å²) in [6, 6.07) is 17.6. The Morgan fingerprint density at radius 2 is 1.80 bits per heavy atom. The lowest BCUT2D eigenvalue weighted by atomic mass is 10.1. The van der Waals surface area contributed by atoms with Crippen LogP contribution in [0, 0.1) is 0 Å². The van der Waals surface area contributed by atoms with E-state index in [9.17, 15) is 9.59 Å². The molecule has 0 aliphatic carbocycles. The van der Waals surface area contributed by atoms with Crippen LogP contribution in [0.1, 0.15) is 35.3 Å². The van der Waals surface area contributed by atoms with Gasteiger partial charge in [0.25, 0.3) is 11.8 Å². The Hall–Kier alpha value is -3.24. The van der Waals surface area contributed by atoms with Crippen molar-refractivity contribution >= 4 is 75.1 Å². The largest absolute Gasteiger partial charge is 0.497 e. The van der Waals surface area contributed by atoms with Crippen molar-refractivity contribution in [2.45, 2.75) is 20.5 Å². The maximum atomic E-state index is 13.3. The van der Waals surface area contributed by atoms with E-state index >= 15 is 0 Å². The first-order valence-corrected chi connectivity index (χ1v) is 14.4. The van der Waals surface area contributed by atoms with Crippen molar-refractivity contribution < 1.29 is 19.1 Å². The fourth-order valence-electron chi connectivity index (χ4n) is 3.96. The maximum absolute atomic E-state index is 13.3. The molecule has 3 aromatic carbocycles. The second-order valence-electron chi connectivity index (χ2n) is 8.61. The summed E-state index contributed by atoms with van der Waals surface area (Å²) in [5.74, 6) is 0.292. The Morgan fingerprint density at radius 1 is 1.07 bits per heavy atom. The number of ether oxygens (including phenoxy) is 2. The Balaban J connectivity index is 1.58. The van der Waals surface area contributed by atoms with Crippen LogP contribution in [0.25, 0.3) is 6.08 Å². The Bertz CT molecular complexity index is 1460. The third-order valence-corrected chi connectivity index (χ3v) is 8.06. The van der Waals surface area contributed by atoms with E-state index in [2.05, 4.69) is 24.2 Å². The molecule has 4 rings (SSSR count). The highest BCUT2D eigenvalue weighted by atomic mass is 35.5. The minimum Gasteiger partial charge on any atom is -0.497 e. The van der Waals surface area contributed by atoms with Crippen molar-refractivity contribution in [3.8, 4) is 11.5 Å². The summed E-state index contributed by atoms with van der Waals surface area (Å²) in [7, 11) is 1.54. The van der Waals surface area contributed by atoms with Crippen molar-refractivity contribution in [3.05, 3.63) is 92.3 Å². The van der Waals surface area contributed by atoms with E-state index in [1.807, 2.05) is 24.3 Å². The first-order valence-electron chi connectivity index (χ1n) is 12.4. The SMILES string of the molecule is CCN(CC)c1ccc(/C=C2/SC(=S)N(NC(=O)c3ccc(OC)cc3)C2=O)c(OCc2ccc(Cl)cc2Cl)c1. The number of hydrogen-bond acceptors (Lipinski definition) is 7. The lowest BCUT2D eigenvalue weighted by Crippen LogP contribution is -2.44. The lowest BCUT2D eigenvalue weighted by molar-refractivity contribution is -0.123. The molecule has 1 saturated heterocycles. The lowest BCUT2D eigenvalue weighted by Gasteiger charge is -2.22. The summed E-state index contributed by atoms with van der Waals surface area (Å²) in [4.78, 5) is 28.6. The number of carbonyl (C=O) groups is 2. The molecule has 0 radical (unpaired) electrons. The van der Waals surface area contributed by atoms with Gasteiger partial charge in [0.15, 0.2) is 4.32 Å². The fraction of sp³-hybridized carbons (Fsp3) is 0.207. The van der Waals surface area contributed by atoms with Gasteiger partial charge in [-0.15, -0.1) is 0 Å². The highest BCUT2D eigenvalue weighted by Crippen LogP contribution is 2.35. The van der Waals surface area contributed by atoms with Gasteiger partial charge >= 0.3 is 0 Å². The van der Waals surface area contributed by atoms with E-state index in [-0.39, 0.29) is 10.9 Å². The first-order chi connectivity index (χ1) is 19.2. The number of halogens is 2. The van der Waals surface area contributed by atoms with Crippen molar-refractivity contribution in [2.24, 2.45) is 0 Å². The number of methoxy groups -OCH3 is 1. The van der Waals surface area contributed by atoms with Gasteiger partial charge in [-0.05, 0) is 80.7 Å². The summed E-state index contributed by atoms with van der Waals surface area (Å²) in [5.41, 5.74) is 5.40. The highest BCUT2D eigenvalue weighted by molar-refractivity contribution is 8.26. The molecule has 1 aliphatic rings. The average molecular weight is 617 g/mol. The zero-order chi connectivity index (χ0) is 28.8. The quantitative estimate of drug-likeness (QED) is 0.195. The molecule has 0 bridgehead atoms. The van der Waals surface area contributed by atoms with E-state index in [0.717, 1.165) is 41.1 Å². The normalized spacial score (nSPS) is 14.0. The smallest absolute Gasteiger partial charge is 0.285 e. The van der Waals surface area contributed by atoms with Crippen molar-refractivity contribution in [3.63, 3.8) is 0 Å². The molecular weight excluding hydrogens is 589 g/mol. The summed E-state index contributed by atoms with van der Waals surface area (Å²) in [6.07, 6.45) is 1.71. The molecule has 0 unspecified atom stereocenters. The second kappa shape index (κ2) is 13.4. The molecule has 0 aromatic heterocycles. The molecule has 3 aromatic rings. The van der Waals surface area contributed by atoms with Gasteiger partial charge in [-0.3, -0.25) is 15.0 Å². The Morgan fingerprint density at radius 3 is 2.45 bits per heavy atom. The van der Waals surface area contributed by atoms with Gasteiger partial charge in [0, 0.05) is 51.6 Å². The van der Waals surface area contributed by atoms with Gasteiger partial charge in [-0.1, -0.05) is 41.0 Å². The van der Waals surface area contributed by atoms with Crippen LogP contribution < -0.4 is 19.8 Å². The number of thiocarbonyl (C=S) groups is 1. The van der Waals surface area contributed by atoms with Crippen molar-refractivity contribution in [1.82, 2.24) is 10.4 Å². The number of benzene rings is 3. The number of hydrazine groups is 1. The highest BCUT2D eigenvalue weighted by Gasteiger charge is 2.34. The number of nitrogens with one attached hydrogen (secondary N) is 1. The third kappa shape index (κ3) is 6.90. The van der Waals surface area contributed by atoms with E-state index in [1.165, 1.54) is 0 Å². The van der Waals surface area contributed by atoms with E-state index < -0.39 is 11.8 Å². The van der Waals surface area contributed by atoms with E-state index in [4.69, 9.17) is 44.9 Å². The van der Waals surface area contributed by atoms with Gasteiger partial charge in [0.05, 0.1) is 12.0 Å². The Kier molecular flexibility index (Phi) is 9.97. The van der Waals surface area contributed by atoms with Crippen LogP contribution in [0.2, 0.25) is 10.0 Å². The van der Waals surface area contributed by atoms with E-state index in [0.29, 0.717) is 37.6 Å². The zero-order valence-corrected chi connectivity index (χ0v) is 25.2. The molecule has 11 heteroatoms. The molecule has 208 valence electrons. The van der Waals surface area contributed by atoms with Crippen LogP contribution in [0.4, 0.5) is 5.69 Å². The van der Waals surface area contributed by atoms with Crippen LogP contribution in [0.3, 0.4) is 0 Å². The summed E-state index contributed by atoms with van der Waals surface area (Å²) < 4.78 is 11.6. The van der Waals surface area contributed by atoms with Crippen LogP contribution in [-0.2, 0) is 11.4 Å². The van der Waals surface area contributed by atoms with E-state index in [1.54, 1.807) is 49.6 Å². The monoisotopic (exact) mass is 615 g/mol. The van der Waals surface area contributed by atoms with Crippen LogP contribution in [0.5, 0.6) is 11.5 Å². The van der Waals surface area contributed by atoms with Gasteiger partial charge in [0.2, 0.25) is 0 Å². The molecule has 1 fully saturated rings. The standard InChI is InChI=1S/C29H27Cl2N3O4S2/c1-4-33(5-2)22-11-7-19(25(16-22)38-17-20-6-10-21(30)15-24(20)31)14-26-28(36)34(29(39)40-26)32-27(35)18-8-12-23(37-3)13-9-18/h6-16H,4-5,17H2,1-3H3,(H,32,35)/b26-14+. The third-order valence-electron chi connectivity index (χ3n) is 6.17. The maximum Gasteiger partial charge on any atom is 0.285 e. The van der Waals surface area contributed by atoms with Crippen LogP contribution in [-0.4, -0.2) is 41.3 Å². The van der Waals surface area contributed by atoms with Gasteiger partial charge in [-0.2, -0.15) is 5.01 Å². The van der Waals surface area contributed by atoms with Gasteiger partial charge in [-0.25, -0.2) is 0 Å². The summed E-state index contributed by atoms with van der Waals surface area (Å²) in [5, 5.41) is 2.12. The minimum absolute atomic E-state index is 0.206. The Labute approximate surface area is 253 Å². The molecule has 1 N–H and O–H groups in total. The number of carbonyl (C=O) groups excluding carboxylic acids is 2. The number of rotatable bonds is 10. The molecule has 40 heavy (non-hydrogen) atoms. The number of nitrogens with zero attached hydrogens (tertiary/aromatic N) is 2. The molecule has 0 spiro atoms. The number of thioether (sulfide) groups is 1. The molecule has 1 heterocycles. The summed E-state index contributed by atoms with van der Waals surface area (Å²) >= 11 is 18.9. The predicted molar refractivity (Wildman–Crippen MR) is 166 cm³/mol. The van der Waals surface area contributed by atoms with Gasteiger partial charge in [0.1, 0.15) is 18.1 Å². The molecule has 0 saturated carbocycles. The number of hydrogen-bond donors (Lipinski definition) is 1. The molecule has 7 nitrogen and oxygen atoms in total. The minimum atomic E-state index is -0.465. The molecular formula is C29H27Cl2N3O4S2. The zero-order valence-electron chi connectivity index (χ0n) is 22.1. The summed E-state index contributed by atoms with van der Waals surface area (Å²) in [6.45, 7) is 6.02. The second-order valence-corrected chi connectivity index (χ2v) is 11.1. The molecule has 2 amide bonds. The fourth-order valence-corrected chi connectivity index (χ4v) is 5.59. The van der Waals surface area contributed by atoms with Crippen molar-refractivity contribution in [2.75, 3.05) is 25.1 Å².